The third kappa shape index (κ3) is 8.15. The molecule has 1 heterocycles. The molecule has 0 spiro atoms. The summed E-state index contributed by atoms with van der Waals surface area (Å²) in [6, 6.07) is 11.8. The van der Waals surface area contributed by atoms with Gasteiger partial charge in [0.25, 0.3) is 0 Å². The van der Waals surface area contributed by atoms with Gasteiger partial charge in [-0.05, 0) is 6.42 Å². The molecule has 0 atom stereocenters. The van der Waals surface area contributed by atoms with Gasteiger partial charge in [-0.15, -0.1) is 24.0 Å². The Morgan fingerprint density at radius 1 is 1.15 bits per heavy atom. The van der Waals surface area contributed by atoms with Crippen LogP contribution in [0.2, 0.25) is 0 Å². The van der Waals surface area contributed by atoms with Crippen molar-refractivity contribution in [2.75, 3.05) is 40.5 Å². The van der Waals surface area contributed by atoms with Crippen molar-refractivity contribution in [3.8, 4) is 11.3 Å². The molecule has 1 aromatic heterocycles. The van der Waals surface area contributed by atoms with Crippen molar-refractivity contribution in [3.05, 3.63) is 42.1 Å². The first-order valence-corrected chi connectivity index (χ1v) is 8.35. The predicted octanol–water partition coefficient (Wildman–Crippen LogP) is 2.68. The Bertz CT molecular complexity index is 634. The maximum Gasteiger partial charge on any atom is 0.191 e. The molecule has 1 aromatic carbocycles. The average molecular weight is 474 g/mol. The van der Waals surface area contributed by atoms with Crippen molar-refractivity contribution >= 4 is 29.9 Å². The van der Waals surface area contributed by atoms with Gasteiger partial charge in [-0.2, -0.15) is 0 Å². The fourth-order valence-corrected chi connectivity index (χ4v) is 2.15. The summed E-state index contributed by atoms with van der Waals surface area (Å²) in [7, 11) is 3.40. The highest BCUT2D eigenvalue weighted by Crippen LogP contribution is 2.19. The van der Waals surface area contributed by atoms with Crippen LogP contribution in [-0.2, 0) is 16.0 Å². The van der Waals surface area contributed by atoms with Gasteiger partial charge in [0.1, 0.15) is 5.69 Å². The lowest BCUT2D eigenvalue weighted by molar-refractivity contribution is 0.0698. The van der Waals surface area contributed by atoms with Crippen LogP contribution in [0.3, 0.4) is 0 Å². The van der Waals surface area contributed by atoms with Crippen molar-refractivity contribution in [1.29, 1.82) is 0 Å². The number of nitrogens with one attached hydrogen (secondary N) is 2. The zero-order valence-corrected chi connectivity index (χ0v) is 17.6. The molecule has 0 unspecified atom stereocenters. The Labute approximate surface area is 171 Å². The van der Waals surface area contributed by atoms with Crippen LogP contribution < -0.4 is 10.6 Å². The van der Waals surface area contributed by atoms with E-state index < -0.39 is 0 Å². The maximum atomic E-state index is 5.42. The summed E-state index contributed by atoms with van der Waals surface area (Å²) in [6.45, 7) is 3.26. The minimum absolute atomic E-state index is 0. The number of ether oxygens (including phenoxy) is 2. The molecule has 0 bridgehead atoms. The summed E-state index contributed by atoms with van der Waals surface area (Å²) in [5.74, 6) is 1.48. The molecule has 0 fully saturated rings. The lowest BCUT2D eigenvalue weighted by Crippen LogP contribution is -2.37. The van der Waals surface area contributed by atoms with Gasteiger partial charge in [-0.3, -0.25) is 4.99 Å². The Morgan fingerprint density at radius 2 is 1.96 bits per heavy atom. The van der Waals surface area contributed by atoms with E-state index in [9.17, 15) is 0 Å². The lowest BCUT2D eigenvalue weighted by Gasteiger charge is -2.10. The molecule has 0 amide bonds. The smallest absolute Gasteiger partial charge is 0.191 e. The minimum atomic E-state index is 0. The normalized spacial score (nSPS) is 11.1. The van der Waals surface area contributed by atoms with E-state index in [1.807, 2.05) is 36.4 Å². The number of hydrogen-bond acceptors (Lipinski definition) is 5. The fourth-order valence-electron chi connectivity index (χ4n) is 2.15. The number of hydrogen-bond donors (Lipinski definition) is 2. The summed E-state index contributed by atoms with van der Waals surface area (Å²) in [5.41, 5.74) is 1.84. The van der Waals surface area contributed by atoms with Crippen molar-refractivity contribution in [1.82, 2.24) is 15.8 Å². The van der Waals surface area contributed by atoms with Crippen molar-refractivity contribution in [3.63, 3.8) is 0 Å². The number of aliphatic imine (C=N–C) groups is 1. The van der Waals surface area contributed by atoms with Gasteiger partial charge < -0.3 is 24.6 Å². The largest absolute Gasteiger partial charge is 0.382 e. The molecule has 2 aromatic rings. The number of methoxy groups -OCH3 is 1. The number of guanidine groups is 1. The summed E-state index contributed by atoms with van der Waals surface area (Å²) in [4.78, 5) is 4.19. The van der Waals surface area contributed by atoms with E-state index in [1.54, 1.807) is 14.2 Å². The molecular weight excluding hydrogens is 447 g/mol. The number of rotatable bonds is 10. The summed E-state index contributed by atoms with van der Waals surface area (Å²) in [5, 5.41) is 10.5. The quantitative estimate of drug-likeness (QED) is 0.239. The van der Waals surface area contributed by atoms with Gasteiger partial charge in [-0.1, -0.05) is 35.5 Å². The van der Waals surface area contributed by atoms with Gasteiger partial charge in [0.15, 0.2) is 11.7 Å². The molecule has 2 rings (SSSR count). The molecule has 2 N–H and O–H groups in total. The van der Waals surface area contributed by atoms with E-state index in [-0.39, 0.29) is 24.0 Å². The number of benzene rings is 1. The second-order valence-electron chi connectivity index (χ2n) is 5.36. The van der Waals surface area contributed by atoms with Crippen LogP contribution >= 0.6 is 24.0 Å². The van der Waals surface area contributed by atoms with E-state index in [0.717, 1.165) is 35.9 Å². The second kappa shape index (κ2) is 13.5. The molecule has 0 aliphatic rings. The first kappa shape index (κ1) is 22.4. The van der Waals surface area contributed by atoms with Gasteiger partial charge >= 0.3 is 0 Å². The van der Waals surface area contributed by atoms with Crippen LogP contribution in [0.25, 0.3) is 11.3 Å². The van der Waals surface area contributed by atoms with Crippen molar-refractivity contribution in [2.45, 2.75) is 13.0 Å². The molecule has 144 valence electrons. The third-order valence-corrected chi connectivity index (χ3v) is 3.47. The Kier molecular flexibility index (Phi) is 11.7. The number of halogens is 1. The molecule has 8 heteroatoms. The third-order valence-electron chi connectivity index (χ3n) is 3.47. The Balaban J connectivity index is 0.00000338. The minimum Gasteiger partial charge on any atom is -0.382 e. The molecule has 0 aliphatic carbocycles. The lowest BCUT2D eigenvalue weighted by atomic mass is 10.2. The van der Waals surface area contributed by atoms with E-state index in [0.29, 0.717) is 26.4 Å². The van der Waals surface area contributed by atoms with Crippen LogP contribution in [0.1, 0.15) is 12.1 Å². The van der Waals surface area contributed by atoms with Crippen LogP contribution in [-0.4, -0.2) is 51.6 Å². The highest BCUT2D eigenvalue weighted by Gasteiger charge is 2.07. The topological polar surface area (TPSA) is 80.9 Å². The van der Waals surface area contributed by atoms with E-state index in [1.165, 1.54) is 0 Å². The van der Waals surface area contributed by atoms with Gasteiger partial charge in [0.05, 0.1) is 19.8 Å². The van der Waals surface area contributed by atoms with Crippen molar-refractivity contribution in [2.24, 2.45) is 4.99 Å². The van der Waals surface area contributed by atoms with Gasteiger partial charge in [0, 0.05) is 38.9 Å². The van der Waals surface area contributed by atoms with E-state index >= 15 is 0 Å². The number of nitrogens with zero attached hydrogens (tertiary/aromatic N) is 2. The monoisotopic (exact) mass is 474 g/mol. The Hall–Kier alpha value is -1.65. The highest BCUT2D eigenvalue weighted by molar-refractivity contribution is 14.0. The first-order chi connectivity index (χ1) is 12.3. The fraction of sp³-hybridized carbons (Fsp3) is 0.444. The SMILES string of the molecule is CN=C(NCCCOCCOC)NCc1cc(-c2ccccc2)on1.I. The Morgan fingerprint density at radius 3 is 2.69 bits per heavy atom. The molecular formula is C18H27IN4O3. The molecule has 0 radical (unpaired) electrons. The second-order valence-corrected chi connectivity index (χ2v) is 5.36. The van der Waals surface area contributed by atoms with Crippen LogP contribution in [0.15, 0.2) is 45.9 Å². The summed E-state index contributed by atoms with van der Waals surface area (Å²) < 4.78 is 15.7. The zero-order valence-electron chi connectivity index (χ0n) is 15.2. The van der Waals surface area contributed by atoms with Crippen molar-refractivity contribution < 1.29 is 14.0 Å². The van der Waals surface area contributed by atoms with Crippen LogP contribution in [0.4, 0.5) is 0 Å². The van der Waals surface area contributed by atoms with Gasteiger partial charge in [-0.25, -0.2) is 0 Å². The number of aromatic nitrogens is 1. The molecule has 26 heavy (non-hydrogen) atoms. The maximum absolute atomic E-state index is 5.42. The zero-order chi connectivity index (χ0) is 17.7. The highest BCUT2D eigenvalue weighted by atomic mass is 127. The van der Waals surface area contributed by atoms with E-state index in [2.05, 4.69) is 20.8 Å². The van der Waals surface area contributed by atoms with Crippen LogP contribution in [0, 0.1) is 0 Å². The first-order valence-electron chi connectivity index (χ1n) is 8.35. The van der Waals surface area contributed by atoms with Gasteiger partial charge in [0.2, 0.25) is 0 Å². The van der Waals surface area contributed by atoms with E-state index in [4.69, 9.17) is 14.0 Å². The molecule has 0 saturated carbocycles. The molecule has 7 nitrogen and oxygen atoms in total. The van der Waals surface area contributed by atoms with Crippen LogP contribution in [0.5, 0.6) is 0 Å². The molecule has 0 aliphatic heterocycles. The standard InChI is InChI=1S/C18H26N4O3.HI/c1-19-18(20-9-6-10-24-12-11-23-2)21-14-16-13-17(25-22-16)15-7-4-3-5-8-15;/h3-5,7-8,13H,6,9-12,14H2,1-2H3,(H2,19,20,21);1H. The average Bonchev–Trinajstić information content (AvgIpc) is 3.13. The summed E-state index contributed by atoms with van der Waals surface area (Å²) in [6.07, 6.45) is 0.895. The molecule has 0 saturated heterocycles. The predicted molar refractivity (Wildman–Crippen MR) is 113 cm³/mol. The summed E-state index contributed by atoms with van der Waals surface area (Å²) >= 11 is 0.